The number of benzene rings is 2. The Labute approximate surface area is 223 Å². The zero-order valence-corrected chi connectivity index (χ0v) is 24.4. The molecular formula is C25H44N4O6S2. The molecule has 37 heavy (non-hydrogen) atoms. The quantitative estimate of drug-likeness (QED) is 0.249. The molecule has 0 bridgehead atoms. The van der Waals surface area contributed by atoms with E-state index in [1.807, 2.05) is 0 Å². The Morgan fingerprint density at radius 3 is 1.05 bits per heavy atom. The van der Waals surface area contributed by atoms with Crippen LogP contribution in [0.4, 0.5) is 11.4 Å². The van der Waals surface area contributed by atoms with Crippen LogP contribution >= 0.6 is 0 Å². The highest BCUT2D eigenvalue weighted by atomic mass is 32.2. The average molecular weight is 561 g/mol. The van der Waals surface area contributed by atoms with E-state index in [2.05, 4.69) is 51.3 Å². The smallest absolute Gasteiger partial charge is 0.296 e. The molecule has 0 radical (unpaired) electrons. The standard InChI is InChI=1S/C13H14N2O6S2.2C6H15N/c14-10-3-1-8(6-12(10)22(16,17)18)5-9-2-4-11(15)13(7-9)23(19,20)21;2*1-4-7(5-2)6-3/h1-4,6-7H,5,14-15H2,(H,16,17,18)(H,19,20,21);2*4-6H2,1-3H3. The first kappa shape index (κ1) is 34.8. The molecule has 6 N–H and O–H groups in total. The summed E-state index contributed by atoms with van der Waals surface area (Å²) in [5, 5.41) is 0. The lowest BCUT2D eigenvalue weighted by molar-refractivity contribution is 0.321. The Morgan fingerprint density at radius 1 is 0.595 bits per heavy atom. The van der Waals surface area contributed by atoms with Crippen LogP contribution < -0.4 is 11.5 Å². The first-order valence-electron chi connectivity index (χ1n) is 12.3. The van der Waals surface area contributed by atoms with Gasteiger partial charge in [0.2, 0.25) is 0 Å². The molecule has 0 fully saturated rings. The van der Waals surface area contributed by atoms with Crippen molar-refractivity contribution in [3.8, 4) is 0 Å². The third kappa shape index (κ3) is 12.7. The van der Waals surface area contributed by atoms with Gasteiger partial charge in [-0.05, 0) is 81.1 Å². The normalized spacial score (nSPS) is 11.5. The molecule has 0 heterocycles. The Balaban J connectivity index is 0.000000761. The maximum absolute atomic E-state index is 11.2. The second-order valence-corrected chi connectivity index (χ2v) is 10.9. The molecular weight excluding hydrogens is 516 g/mol. The molecule has 12 heteroatoms. The van der Waals surface area contributed by atoms with Crippen molar-refractivity contribution in [2.24, 2.45) is 0 Å². The molecule has 0 saturated carbocycles. The van der Waals surface area contributed by atoms with E-state index in [4.69, 9.17) is 20.6 Å². The lowest BCUT2D eigenvalue weighted by Gasteiger charge is -2.13. The molecule has 0 aliphatic rings. The van der Waals surface area contributed by atoms with E-state index in [9.17, 15) is 16.8 Å². The topological polar surface area (TPSA) is 167 Å². The predicted octanol–water partition coefficient (Wildman–Crippen LogP) is 3.63. The fraction of sp³-hybridized carbons (Fsp3) is 0.520. The summed E-state index contributed by atoms with van der Waals surface area (Å²) in [5.74, 6) is 0. The maximum atomic E-state index is 11.2. The van der Waals surface area contributed by atoms with E-state index in [-0.39, 0.29) is 17.8 Å². The molecule has 0 unspecified atom stereocenters. The van der Waals surface area contributed by atoms with Crippen LogP contribution in [0.3, 0.4) is 0 Å². The van der Waals surface area contributed by atoms with E-state index in [0.29, 0.717) is 11.1 Å². The molecule has 2 aromatic rings. The van der Waals surface area contributed by atoms with Gasteiger partial charge in [-0.2, -0.15) is 16.8 Å². The molecule has 0 aliphatic carbocycles. The van der Waals surface area contributed by atoms with Gasteiger partial charge in [0.25, 0.3) is 20.2 Å². The zero-order chi connectivity index (χ0) is 28.8. The van der Waals surface area contributed by atoms with Crippen molar-refractivity contribution in [1.82, 2.24) is 9.80 Å². The van der Waals surface area contributed by atoms with Gasteiger partial charge in [-0.1, -0.05) is 53.7 Å². The highest BCUT2D eigenvalue weighted by molar-refractivity contribution is 7.86. The van der Waals surface area contributed by atoms with E-state index in [1.54, 1.807) is 0 Å². The van der Waals surface area contributed by atoms with Crippen molar-refractivity contribution in [3.63, 3.8) is 0 Å². The summed E-state index contributed by atoms with van der Waals surface area (Å²) in [6.45, 7) is 20.2. The molecule has 0 saturated heterocycles. The zero-order valence-electron chi connectivity index (χ0n) is 22.8. The molecule has 0 aromatic heterocycles. The fourth-order valence-corrected chi connectivity index (χ4v) is 4.73. The van der Waals surface area contributed by atoms with Gasteiger partial charge in [0.05, 0.1) is 11.4 Å². The number of rotatable bonds is 10. The Bertz CT molecular complexity index is 1060. The molecule has 10 nitrogen and oxygen atoms in total. The highest BCUT2D eigenvalue weighted by Gasteiger charge is 2.17. The van der Waals surface area contributed by atoms with E-state index >= 15 is 0 Å². The third-order valence-electron chi connectivity index (χ3n) is 5.80. The lowest BCUT2D eigenvalue weighted by Crippen LogP contribution is -2.21. The van der Waals surface area contributed by atoms with Crippen LogP contribution in [-0.2, 0) is 26.7 Å². The minimum atomic E-state index is -4.47. The van der Waals surface area contributed by atoms with Crippen molar-refractivity contribution in [1.29, 1.82) is 0 Å². The monoisotopic (exact) mass is 560 g/mol. The molecule has 0 amide bonds. The first-order valence-corrected chi connectivity index (χ1v) is 15.2. The Hall–Kier alpha value is -2.22. The van der Waals surface area contributed by atoms with E-state index in [1.165, 1.54) is 75.7 Å². The summed E-state index contributed by atoms with van der Waals surface area (Å²) in [4.78, 5) is 3.89. The Morgan fingerprint density at radius 2 is 0.865 bits per heavy atom. The molecule has 0 spiro atoms. The first-order chi connectivity index (χ1) is 17.2. The molecule has 2 rings (SSSR count). The second kappa shape index (κ2) is 16.6. The number of hydrogen-bond acceptors (Lipinski definition) is 8. The van der Waals surface area contributed by atoms with Gasteiger partial charge >= 0.3 is 0 Å². The Kier molecular flexibility index (Phi) is 15.6. The summed E-state index contributed by atoms with van der Waals surface area (Å²) in [5.41, 5.74) is 11.7. The third-order valence-corrected chi connectivity index (χ3v) is 7.62. The van der Waals surface area contributed by atoms with Gasteiger partial charge in [-0.25, -0.2) is 0 Å². The van der Waals surface area contributed by atoms with Crippen LogP contribution in [0.2, 0.25) is 0 Å². The predicted molar refractivity (Wildman–Crippen MR) is 151 cm³/mol. The molecule has 2 aromatic carbocycles. The van der Waals surface area contributed by atoms with Crippen molar-refractivity contribution in [2.45, 2.75) is 57.8 Å². The van der Waals surface area contributed by atoms with Gasteiger partial charge in [0.15, 0.2) is 0 Å². The van der Waals surface area contributed by atoms with Gasteiger partial charge in [0.1, 0.15) is 9.79 Å². The SMILES string of the molecule is CCN(CC)CC.CCN(CC)CC.Nc1ccc(Cc2ccc(N)c(S(=O)(=O)O)c2)cc1S(=O)(=O)O. The summed E-state index contributed by atoms with van der Waals surface area (Å²) in [6, 6.07) is 8.09. The molecule has 212 valence electrons. The van der Waals surface area contributed by atoms with Gasteiger partial charge in [-0.3, -0.25) is 9.11 Å². The molecule has 0 aliphatic heterocycles. The van der Waals surface area contributed by atoms with E-state index < -0.39 is 30.0 Å². The maximum Gasteiger partial charge on any atom is 0.296 e. The fourth-order valence-electron chi connectivity index (χ4n) is 3.40. The highest BCUT2D eigenvalue weighted by Crippen LogP contribution is 2.24. The molecule has 0 atom stereocenters. The van der Waals surface area contributed by atoms with Crippen molar-refractivity contribution >= 4 is 31.6 Å². The average Bonchev–Trinajstić information content (AvgIpc) is 2.83. The van der Waals surface area contributed by atoms with Gasteiger partial charge < -0.3 is 21.3 Å². The number of anilines is 2. The number of nitrogens with two attached hydrogens (primary N) is 2. The lowest BCUT2D eigenvalue weighted by atomic mass is 10.0. The van der Waals surface area contributed by atoms with Crippen LogP contribution in [0.1, 0.15) is 52.7 Å². The summed E-state index contributed by atoms with van der Waals surface area (Å²) in [6.07, 6.45) is 0.144. The van der Waals surface area contributed by atoms with Crippen molar-refractivity contribution < 1.29 is 25.9 Å². The summed E-state index contributed by atoms with van der Waals surface area (Å²) >= 11 is 0. The van der Waals surface area contributed by atoms with Crippen LogP contribution in [0.25, 0.3) is 0 Å². The van der Waals surface area contributed by atoms with Gasteiger partial charge in [0, 0.05) is 0 Å². The van der Waals surface area contributed by atoms with Crippen LogP contribution in [-0.4, -0.2) is 75.0 Å². The van der Waals surface area contributed by atoms with Crippen molar-refractivity contribution in [2.75, 3.05) is 50.7 Å². The van der Waals surface area contributed by atoms with E-state index in [0.717, 1.165) is 0 Å². The van der Waals surface area contributed by atoms with Crippen LogP contribution in [0.5, 0.6) is 0 Å². The minimum absolute atomic E-state index is 0.104. The minimum Gasteiger partial charge on any atom is -0.398 e. The summed E-state index contributed by atoms with van der Waals surface area (Å²) in [7, 11) is -8.93. The van der Waals surface area contributed by atoms with Crippen molar-refractivity contribution in [3.05, 3.63) is 47.5 Å². The van der Waals surface area contributed by atoms with Crippen LogP contribution in [0, 0.1) is 0 Å². The van der Waals surface area contributed by atoms with Gasteiger partial charge in [-0.15, -0.1) is 0 Å². The number of hydrogen-bond donors (Lipinski definition) is 4. The second-order valence-electron chi connectivity index (χ2n) is 8.11. The summed E-state index contributed by atoms with van der Waals surface area (Å²) < 4.78 is 63.2. The van der Waals surface area contributed by atoms with Crippen LogP contribution in [0.15, 0.2) is 46.2 Å². The number of nitrogen functional groups attached to an aromatic ring is 2. The number of nitrogens with zero attached hydrogens (tertiary/aromatic N) is 2. The largest absolute Gasteiger partial charge is 0.398 e.